The van der Waals surface area contributed by atoms with Crippen molar-refractivity contribution in [1.82, 2.24) is 10.2 Å². The Balaban J connectivity index is 1.97. The lowest BCUT2D eigenvalue weighted by molar-refractivity contribution is 0.0725. The van der Waals surface area contributed by atoms with E-state index in [1.807, 2.05) is 0 Å². The van der Waals surface area contributed by atoms with E-state index in [9.17, 15) is 0 Å². The Bertz CT molecular complexity index is 233. The normalized spacial score (nSPS) is 30.5. The molecule has 0 bridgehead atoms. The van der Waals surface area contributed by atoms with Crippen molar-refractivity contribution >= 4 is 0 Å². The van der Waals surface area contributed by atoms with Gasteiger partial charge in [-0.25, -0.2) is 0 Å². The lowest BCUT2D eigenvalue weighted by Gasteiger charge is -2.42. The maximum atomic E-state index is 3.55. The Hall–Kier alpha value is -0.0800. The van der Waals surface area contributed by atoms with Crippen molar-refractivity contribution in [3.8, 4) is 0 Å². The fourth-order valence-corrected chi connectivity index (χ4v) is 3.76. The molecule has 18 heavy (non-hydrogen) atoms. The zero-order valence-corrected chi connectivity index (χ0v) is 12.6. The third-order valence-electron chi connectivity index (χ3n) is 4.92. The molecule has 0 aromatic carbocycles. The number of nitrogens with one attached hydrogen (secondary N) is 1. The van der Waals surface area contributed by atoms with Gasteiger partial charge in [0.2, 0.25) is 0 Å². The summed E-state index contributed by atoms with van der Waals surface area (Å²) in [4.78, 5) is 2.90. The summed E-state index contributed by atoms with van der Waals surface area (Å²) >= 11 is 0. The maximum Gasteiger partial charge on any atom is 0.0148 e. The summed E-state index contributed by atoms with van der Waals surface area (Å²) in [5, 5.41) is 3.55. The van der Waals surface area contributed by atoms with Crippen molar-refractivity contribution in [2.45, 2.75) is 71.4 Å². The van der Waals surface area contributed by atoms with Gasteiger partial charge in [0.05, 0.1) is 0 Å². The number of hydrogen-bond donors (Lipinski definition) is 1. The summed E-state index contributed by atoms with van der Waals surface area (Å²) in [6.07, 6.45) is 8.55. The van der Waals surface area contributed by atoms with Gasteiger partial charge in [0.25, 0.3) is 0 Å². The smallest absolute Gasteiger partial charge is 0.0148 e. The van der Waals surface area contributed by atoms with E-state index in [0.29, 0.717) is 0 Å². The first-order chi connectivity index (χ1) is 8.68. The molecule has 1 saturated carbocycles. The third-order valence-corrected chi connectivity index (χ3v) is 4.92. The second kappa shape index (κ2) is 6.91. The fourth-order valence-electron chi connectivity index (χ4n) is 3.76. The molecular weight excluding hydrogens is 220 g/mol. The van der Waals surface area contributed by atoms with E-state index in [1.165, 1.54) is 58.2 Å². The Kier molecular flexibility index (Phi) is 5.50. The molecule has 0 aromatic heterocycles. The van der Waals surface area contributed by atoms with Crippen LogP contribution in [0.2, 0.25) is 0 Å². The Morgan fingerprint density at radius 2 is 1.89 bits per heavy atom. The quantitative estimate of drug-likeness (QED) is 0.808. The Morgan fingerprint density at radius 3 is 2.50 bits per heavy atom. The second-order valence-corrected chi connectivity index (χ2v) is 6.90. The van der Waals surface area contributed by atoms with Crippen molar-refractivity contribution < 1.29 is 0 Å². The van der Waals surface area contributed by atoms with E-state index in [0.717, 1.165) is 23.9 Å². The van der Waals surface area contributed by atoms with Crippen molar-refractivity contribution in [3.63, 3.8) is 0 Å². The van der Waals surface area contributed by atoms with E-state index in [2.05, 4.69) is 31.0 Å². The van der Waals surface area contributed by atoms with E-state index in [1.54, 1.807) is 0 Å². The minimum atomic E-state index is 0.825. The number of nitrogens with zero attached hydrogens (tertiary/aromatic N) is 1. The van der Waals surface area contributed by atoms with Gasteiger partial charge in [-0.3, -0.25) is 4.90 Å². The van der Waals surface area contributed by atoms with Crippen LogP contribution < -0.4 is 5.32 Å². The maximum absolute atomic E-state index is 3.55. The molecule has 2 heteroatoms. The van der Waals surface area contributed by atoms with Crippen molar-refractivity contribution in [2.24, 2.45) is 11.8 Å². The molecule has 2 nitrogen and oxygen atoms in total. The molecule has 0 aromatic rings. The van der Waals surface area contributed by atoms with Gasteiger partial charge in [-0.1, -0.05) is 33.6 Å². The first kappa shape index (κ1) is 14.3. The predicted octanol–water partition coefficient (Wildman–Crippen LogP) is 3.28. The molecule has 1 aliphatic heterocycles. The van der Waals surface area contributed by atoms with Crippen LogP contribution >= 0.6 is 0 Å². The van der Waals surface area contributed by atoms with Crippen LogP contribution in [0, 0.1) is 11.8 Å². The summed E-state index contributed by atoms with van der Waals surface area (Å²) in [6.45, 7) is 10.9. The molecule has 0 amide bonds. The summed E-state index contributed by atoms with van der Waals surface area (Å²) in [7, 11) is 0. The van der Waals surface area contributed by atoms with Crippen molar-refractivity contribution in [2.75, 3.05) is 19.6 Å². The van der Waals surface area contributed by atoms with Gasteiger partial charge in [0, 0.05) is 12.1 Å². The zero-order chi connectivity index (χ0) is 13.0. The van der Waals surface area contributed by atoms with Gasteiger partial charge in [0.1, 0.15) is 0 Å². The number of piperidine rings is 1. The first-order valence-corrected chi connectivity index (χ1v) is 8.15. The highest BCUT2D eigenvalue weighted by Gasteiger charge is 2.32. The van der Waals surface area contributed by atoms with Crippen LogP contribution in [0.3, 0.4) is 0 Å². The molecule has 2 aliphatic rings. The second-order valence-electron chi connectivity index (χ2n) is 6.90. The highest BCUT2D eigenvalue weighted by Crippen LogP contribution is 2.29. The van der Waals surface area contributed by atoms with Gasteiger partial charge in [-0.2, -0.15) is 0 Å². The minimum absolute atomic E-state index is 0.825. The van der Waals surface area contributed by atoms with Gasteiger partial charge in [-0.15, -0.1) is 0 Å². The van der Waals surface area contributed by atoms with Gasteiger partial charge >= 0.3 is 0 Å². The SMILES string of the molecule is CC(C)CCN(C1CCCC1)C1CCNCC1C. The number of hydrogen-bond acceptors (Lipinski definition) is 2. The molecule has 1 N–H and O–H groups in total. The first-order valence-electron chi connectivity index (χ1n) is 8.15. The Morgan fingerprint density at radius 1 is 1.17 bits per heavy atom. The molecule has 1 aliphatic carbocycles. The van der Waals surface area contributed by atoms with Crippen LogP contribution in [-0.2, 0) is 0 Å². The van der Waals surface area contributed by atoms with Crippen molar-refractivity contribution in [3.05, 3.63) is 0 Å². The van der Waals surface area contributed by atoms with Crippen LogP contribution in [0.15, 0.2) is 0 Å². The van der Waals surface area contributed by atoms with Crippen molar-refractivity contribution in [1.29, 1.82) is 0 Å². The molecule has 106 valence electrons. The predicted molar refractivity (Wildman–Crippen MR) is 78.9 cm³/mol. The highest BCUT2D eigenvalue weighted by atomic mass is 15.2. The summed E-state index contributed by atoms with van der Waals surface area (Å²) < 4.78 is 0. The standard InChI is InChI=1S/C16H32N2/c1-13(2)9-11-18(15-6-4-5-7-15)16-8-10-17-12-14(16)3/h13-17H,4-12H2,1-3H3. The van der Waals surface area contributed by atoms with E-state index in [-0.39, 0.29) is 0 Å². The van der Waals surface area contributed by atoms with Crippen LogP contribution in [0.1, 0.15) is 59.3 Å². The lowest BCUT2D eigenvalue weighted by atomic mass is 9.91. The molecule has 1 heterocycles. The third kappa shape index (κ3) is 3.71. The molecular formula is C16H32N2. The molecule has 2 rings (SSSR count). The van der Waals surface area contributed by atoms with Gasteiger partial charge in [-0.05, 0) is 57.2 Å². The summed E-state index contributed by atoms with van der Waals surface area (Å²) in [6, 6.07) is 1.74. The van der Waals surface area contributed by atoms with E-state index >= 15 is 0 Å². The molecule has 2 atom stereocenters. The molecule has 0 spiro atoms. The van der Waals surface area contributed by atoms with Crippen LogP contribution in [0.5, 0.6) is 0 Å². The fraction of sp³-hybridized carbons (Fsp3) is 1.00. The van der Waals surface area contributed by atoms with E-state index < -0.39 is 0 Å². The summed E-state index contributed by atoms with van der Waals surface area (Å²) in [5.41, 5.74) is 0. The Labute approximate surface area is 114 Å². The number of rotatable bonds is 5. The topological polar surface area (TPSA) is 15.3 Å². The molecule has 1 saturated heterocycles. The van der Waals surface area contributed by atoms with Gasteiger partial charge in [0.15, 0.2) is 0 Å². The van der Waals surface area contributed by atoms with Crippen LogP contribution in [0.4, 0.5) is 0 Å². The molecule has 2 unspecified atom stereocenters. The summed E-state index contributed by atoms with van der Waals surface area (Å²) in [5.74, 6) is 1.66. The minimum Gasteiger partial charge on any atom is -0.316 e. The van der Waals surface area contributed by atoms with Gasteiger partial charge < -0.3 is 5.32 Å². The average Bonchev–Trinajstić information content (AvgIpc) is 2.85. The molecule has 0 radical (unpaired) electrons. The largest absolute Gasteiger partial charge is 0.316 e. The average molecular weight is 252 g/mol. The highest BCUT2D eigenvalue weighted by molar-refractivity contribution is 4.88. The monoisotopic (exact) mass is 252 g/mol. The molecule has 2 fully saturated rings. The van der Waals surface area contributed by atoms with Crippen LogP contribution in [-0.4, -0.2) is 36.6 Å². The van der Waals surface area contributed by atoms with Crippen LogP contribution in [0.25, 0.3) is 0 Å². The lowest BCUT2D eigenvalue weighted by Crippen LogP contribution is -2.52. The van der Waals surface area contributed by atoms with E-state index in [4.69, 9.17) is 0 Å². The zero-order valence-electron chi connectivity index (χ0n) is 12.6.